The standard InChI is InChI=1S/C12H15F2O7P/c13-8-2-9(14)7(1-6(8)5-20-22(17,18)19)11-3-10(16)12(4-15)21-11/h1-2,10-12,15-16H,3-5H2,(H2,17,18,19)/t10-,11?,12+/m0/s1. The van der Waals surface area contributed by atoms with Gasteiger partial charge in [0.1, 0.15) is 17.7 Å². The van der Waals surface area contributed by atoms with Gasteiger partial charge < -0.3 is 24.7 Å². The lowest BCUT2D eigenvalue weighted by molar-refractivity contribution is -0.0234. The number of ether oxygens (including phenoxy) is 1. The third kappa shape index (κ3) is 4.08. The number of halogens is 2. The normalized spacial score (nSPS) is 25.6. The van der Waals surface area contributed by atoms with Crippen LogP contribution in [-0.4, -0.2) is 38.8 Å². The average molecular weight is 340 g/mol. The minimum atomic E-state index is -4.79. The summed E-state index contributed by atoms with van der Waals surface area (Å²) < 4.78 is 47.6. The van der Waals surface area contributed by atoms with Gasteiger partial charge in [0.25, 0.3) is 0 Å². The molecule has 1 aliphatic heterocycles. The molecule has 0 aliphatic carbocycles. The van der Waals surface area contributed by atoms with Crippen LogP contribution in [0.25, 0.3) is 0 Å². The molecule has 1 aromatic carbocycles. The molecule has 10 heteroatoms. The van der Waals surface area contributed by atoms with Gasteiger partial charge in [-0.2, -0.15) is 0 Å². The summed E-state index contributed by atoms with van der Waals surface area (Å²) in [4.78, 5) is 17.2. The topological polar surface area (TPSA) is 116 Å². The molecule has 0 amide bonds. The first-order chi connectivity index (χ1) is 10.2. The SMILES string of the molecule is O=P(O)(O)OCc1cc(C2C[C@H](O)[C@@H](CO)O2)c(F)cc1F. The van der Waals surface area contributed by atoms with Crippen LogP contribution in [0.15, 0.2) is 12.1 Å². The van der Waals surface area contributed by atoms with E-state index in [-0.39, 0.29) is 17.5 Å². The molecular weight excluding hydrogens is 325 g/mol. The Balaban J connectivity index is 2.23. The summed E-state index contributed by atoms with van der Waals surface area (Å²) in [5.41, 5.74) is -0.342. The van der Waals surface area contributed by atoms with E-state index < -0.39 is 51.0 Å². The number of phosphoric acid groups is 1. The van der Waals surface area contributed by atoms with Gasteiger partial charge in [0, 0.05) is 23.6 Å². The monoisotopic (exact) mass is 340 g/mol. The Morgan fingerprint density at radius 2 is 2.00 bits per heavy atom. The fourth-order valence-corrected chi connectivity index (χ4v) is 2.52. The van der Waals surface area contributed by atoms with Crippen LogP contribution in [-0.2, 0) is 20.4 Å². The van der Waals surface area contributed by atoms with Gasteiger partial charge in [0.2, 0.25) is 0 Å². The number of aliphatic hydroxyl groups excluding tert-OH is 2. The highest BCUT2D eigenvalue weighted by Crippen LogP contribution is 2.39. The molecule has 7 nitrogen and oxygen atoms in total. The van der Waals surface area contributed by atoms with E-state index in [4.69, 9.17) is 19.6 Å². The number of phosphoric ester groups is 1. The van der Waals surface area contributed by atoms with Crippen molar-refractivity contribution >= 4 is 7.82 Å². The first kappa shape index (κ1) is 17.4. The van der Waals surface area contributed by atoms with E-state index in [1.165, 1.54) is 0 Å². The van der Waals surface area contributed by atoms with Crippen LogP contribution in [0.2, 0.25) is 0 Å². The molecule has 2 rings (SSSR count). The molecule has 0 radical (unpaired) electrons. The Morgan fingerprint density at radius 1 is 1.32 bits per heavy atom. The molecule has 0 aromatic heterocycles. The average Bonchev–Trinajstić information content (AvgIpc) is 2.77. The first-order valence-corrected chi connectivity index (χ1v) is 7.86. The zero-order chi connectivity index (χ0) is 16.5. The molecule has 1 heterocycles. The van der Waals surface area contributed by atoms with Gasteiger partial charge in [0.05, 0.1) is 25.4 Å². The maximum absolute atomic E-state index is 13.9. The number of benzene rings is 1. The van der Waals surface area contributed by atoms with Crippen LogP contribution in [0.1, 0.15) is 23.7 Å². The molecular formula is C12H15F2O7P. The van der Waals surface area contributed by atoms with E-state index >= 15 is 0 Å². The fraction of sp³-hybridized carbons (Fsp3) is 0.500. The molecule has 1 aliphatic rings. The lowest BCUT2D eigenvalue weighted by atomic mass is 10.0. The smallest absolute Gasteiger partial charge is 0.394 e. The Morgan fingerprint density at radius 3 is 2.55 bits per heavy atom. The van der Waals surface area contributed by atoms with Crippen LogP contribution in [0.3, 0.4) is 0 Å². The molecule has 1 aromatic rings. The van der Waals surface area contributed by atoms with E-state index in [1.807, 2.05) is 0 Å². The van der Waals surface area contributed by atoms with E-state index in [0.717, 1.165) is 6.07 Å². The van der Waals surface area contributed by atoms with Crippen LogP contribution >= 0.6 is 7.82 Å². The van der Waals surface area contributed by atoms with Crippen LogP contribution in [0.5, 0.6) is 0 Å². The zero-order valence-corrected chi connectivity index (χ0v) is 12.1. The summed E-state index contributed by atoms with van der Waals surface area (Å²) in [6.07, 6.45) is -2.76. The Bertz CT molecular complexity index is 591. The second kappa shape index (κ2) is 6.67. The minimum Gasteiger partial charge on any atom is -0.394 e. The zero-order valence-electron chi connectivity index (χ0n) is 11.2. The van der Waals surface area contributed by atoms with Crippen molar-refractivity contribution in [2.24, 2.45) is 0 Å². The highest BCUT2D eigenvalue weighted by Gasteiger charge is 2.36. The summed E-state index contributed by atoms with van der Waals surface area (Å²) in [5, 5.41) is 18.6. The van der Waals surface area contributed by atoms with Crippen molar-refractivity contribution < 1.29 is 42.6 Å². The second-order valence-electron chi connectivity index (χ2n) is 4.88. The minimum absolute atomic E-state index is 0.00652. The Hall–Kier alpha value is -0.930. The van der Waals surface area contributed by atoms with Crippen molar-refractivity contribution in [2.75, 3.05) is 6.61 Å². The summed E-state index contributed by atoms with van der Waals surface area (Å²) >= 11 is 0. The molecule has 22 heavy (non-hydrogen) atoms. The van der Waals surface area contributed by atoms with E-state index in [0.29, 0.717) is 6.07 Å². The van der Waals surface area contributed by atoms with Gasteiger partial charge in [-0.3, -0.25) is 4.52 Å². The third-order valence-corrected chi connectivity index (χ3v) is 3.77. The molecule has 0 spiro atoms. The van der Waals surface area contributed by atoms with Gasteiger partial charge in [-0.1, -0.05) is 0 Å². The number of rotatable bonds is 5. The van der Waals surface area contributed by atoms with Crippen molar-refractivity contribution in [3.8, 4) is 0 Å². The van der Waals surface area contributed by atoms with Crippen molar-refractivity contribution in [2.45, 2.75) is 31.3 Å². The number of hydrogen-bond acceptors (Lipinski definition) is 5. The summed E-state index contributed by atoms with van der Waals surface area (Å²) in [6, 6.07) is 1.58. The van der Waals surface area contributed by atoms with Gasteiger partial charge in [0.15, 0.2) is 0 Å². The van der Waals surface area contributed by atoms with Crippen LogP contribution in [0, 0.1) is 11.6 Å². The quantitative estimate of drug-likeness (QED) is 0.585. The van der Waals surface area contributed by atoms with Crippen molar-refractivity contribution in [3.05, 3.63) is 34.9 Å². The van der Waals surface area contributed by atoms with Crippen molar-refractivity contribution in [1.29, 1.82) is 0 Å². The summed E-state index contributed by atoms with van der Waals surface area (Å²) in [6.45, 7) is -1.20. The Labute approximate surface area is 124 Å². The largest absolute Gasteiger partial charge is 0.469 e. The van der Waals surface area contributed by atoms with Crippen molar-refractivity contribution in [1.82, 2.24) is 0 Å². The maximum Gasteiger partial charge on any atom is 0.469 e. The van der Waals surface area contributed by atoms with Gasteiger partial charge in [-0.25, -0.2) is 13.3 Å². The number of hydrogen-bond donors (Lipinski definition) is 4. The molecule has 1 saturated heterocycles. The van der Waals surface area contributed by atoms with Gasteiger partial charge >= 0.3 is 7.82 Å². The Kier molecular flexibility index (Phi) is 5.29. The second-order valence-corrected chi connectivity index (χ2v) is 6.12. The van der Waals surface area contributed by atoms with E-state index in [1.54, 1.807) is 0 Å². The van der Waals surface area contributed by atoms with Crippen LogP contribution < -0.4 is 0 Å². The molecule has 0 bridgehead atoms. The summed E-state index contributed by atoms with van der Waals surface area (Å²) in [7, 11) is -4.79. The molecule has 0 saturated carbocycles. The van der Waals surface area contributed by atoms with E-state index in [2.05, 4.69) is 4.52 Å². The first-order valence-electron chi connectivity index (χ1n) is 6.33. The lowest BCUT2D eigenvalue weighted by Gasteiger charge is -2.15. The maximum atomic E-state index is 13.9. The predicted molar refractivity (Wildman–Crippen MR) is 68.5 cm³/mol. The predicted octanol–water partition coefficient (Wildman–Crippen LogP) is 0.757. The van der Waals surface area contributed by atoms with Gasteiger partial charge in [-0.15, -0.1) is 0 Å². The molecule has 1 fully saturated rings. The highest BCUT2D eigenvalue weighted by atomic mass is 31.2. The highest BCUT2D eigenvalue weighted by molar-refractivity contribution is 7.46. The molecule has 1 unspecified atom stereocenters. The molecule has 124 valence electrons. The van der Waals surface area contributed by atoms with Crippen molar-refractivity contribution in [3.63, 3.8) is 0 Å². The fourth-order valence-electron chi connectivity index (χ4n) is 2.22. The number of aliphatic hydroxyl groups is 2. The summed E-state index contributed by atoms with van der Waals surface area (Å²) in [5.74, 6) is -1.94. The van der Waals surface area contributed by atoms with Gasteiger partial charge in [-0.05, 0) is 6.07 Å². The molecule has 4 N–H and O–H groups in total. The lowest BCUT2D eigenvalue weighted by Crippen LogP contribution is -2.24. The third-order valence-electron chi connectivity index (χ3n) is 3.30. The molecule has 3 atom stereocenters. The van der Waals surface area contributed by atoms with E-state index in [9.17, 15) is 18.5 Å². The van der Waals surface area contributed by atoms with Crippen LogP contribution in [0.4, 0.5) is 8.78 Å².